The van der Waals surface area contributed by atoms with Crippen LogP contribution in [0.25, 0.3) is 0 Å². The van der Waals surface area contributed by atoms with Gasteiger partial charge in [0.2, 0.25) is 10.0 Å². The van der Waals surface area contributed by atoms with Gasteiger partial charge in [0.25, 0.3) is 0 Å². The SMILES string of the molecule is CCCCN1C[C@H]2[C@H]([C@H]3C=C[C@@H]2C3)S1(=O)=O. The van der Waals surface area contributed by atoms with Crippen molar-refractivity contribution in [1.29, 1.82) is 0 Å². The summed E-state index contributed by atoms with van der Waals surface area (Å²) in [4.78, 5) is 0. The van der Waals surface area contributed by atoms with Gasteiger partial charge in [0.15, 0.2) is 0 Å². The molecule has 1 aliphatic heterocycles. The van der Waals surface area contributed by atoms with Crippen molar-refractivity contribution in [1.82, 2.24) is 4.31 Å². The van der Waals surface area contributed by atoms with Crippen molar-refractivity contribution in [3.8, 4) is 0 Å². The molecule has 0 amide bonds. The summed E-state index contributed by atoms with van der Waals surface area (Å²) < 4.78 is 26.5. The minimum absolute atomic E-state index is 0.0839. The molecule has 3 nitrogen and oxygen atoms in total. The lowest BCUT2D eigenvalue weighted by molar-refractivity contribution is 0.361. The van der Waals surface area contributed by atoms with Gasteiger partial charge in [-0.15, -0.1) is 0 Å². The fourth-order valence-corrected chi connectivity index (χ4v) is 6.11. The van der Waals surface area contributed by atoms with E-state index in [1.54, 1.807) is 4.31 Å². The first-order valence-corrected chi connectivity index (χ1v) is 7.82. The summed E-state index contributed by atoms with van der Waals surface area (Å²) in [5.74, 6) is 1.24. The molecular weight excluding hydrogens is 222 g/mol. The van der Waals surface area contributed by atoms with Gasteiger partial charge in [-0.05, 0) is 30.6 Å². The van der Waals surface area contributed by atoms with Gasteiger partial charge >= 0.3 is 0 Å². The van der Waals surface area contributed by atoms with Crippen LogP contribution >= 0.6 is 0 Å². The molecule has 0 radical (unpaired) electrons. The van der Waals surface area contributed by atoms with E-state index < -0.39 is 10.0 Å². The predicted molar refractivity (Wildman–Crippen MR) is 63.4 cm³/mol. The van der Waals surface area contributed by atoms with Gasteiger partial charge < -0.3 is 0 Å². The molecule has 0 unspecified atom stereocenters. The highest BCUT2D eigenvalue weighted by molar-refractivity contribution is 7.90. The van der Waals surface area contributed by atoms with Gasteiger partial charge in [0, 0.05) is 13.1 Å². The quantitative estimate of drug-likeness (QED) is 0.704. The Hall–Kier alpha value is -0.350. The Morgan fingerprint density at radius 1 is 1.31 bits per heavy atom. The van der Waals surface area contributed by atoms with Crippen LogP contribution in [0.15, 0.2) is 12.2 Å². The van der Waals surface area contributed by atoms with Crippen LogP contribution in [-0.2, 0) is 10.0 Å². The molecule has 3 rings (SSSR count). The largest absolute Gasteiger partial charge is 0.217 e. The standard InChI is InChI=1S/C12H19NO2S/c1-2-3-6-13-8-11-9-4-5-10(7-9)12(11)16(13,14)15/h4-5,9-12H,2-3,6-8H2,1H3/t9-,10+,11-,12+/m1/s1. The summed E-state index contributed by atoms with van der Waals surface area (Å²) >= 11 is 0. The Bertz CT molecular complexity index is 415. The lowest BCUT2D eigenvalue weighted by Crippen LogP contribution is -2.32. The summed E-state index contributed by atoms with van der Waals surface area (Å²) in [6.45, 7) is 3.61. The van der Waals surface area contributed by atoms with Crippen molar-refractivity contribution in [3.05, 3.63) is 12.2 Å². The molecule has 0 aromatic carbocycles. The van der Waals surface area contributed by atoms with Crippen molar-refractivity contribution in [2.45, 2.75) is 31.4 Å². The molecule has 2 bridgehead atoms. The van der Waals surface area contributed by atoms with Crippen molar-refractivity contribution in [3.63, 3.8) is 0 Å². The summed E-state index contributed by atoms with van der Waals surface area (Å²) in [6, 6.07) is 0. The number of hydrogen-bond acceptors (Lipinski definition) is 2. The second kappa shape index (κ2) is 3.57. The first kappa shape index (κ1) is 10.8. The molecule has 4 heteroatoms. The molecule has 1 heterocycles. The Balaban J connectivity index is 1.84. The van der Waals surface area contributed by atoms with E-state index in [-0.39, 0.29) is 5.25 Å². The van der Waals surface area contributed by atoms with Gasteiger partial charge in [-0.25, -0.2) is 12.7 Å². The zero-order valence-electron chi connectivity index (χ0n) is 9.67. The average molecular weight is 241 g/mol. The maximum Gasteiger partial charge on any atom is 0.217 e. The number of rotatable bonds is 3. The molecule has 0 aromatic rings. The van der Waals surface area contributed by atoms with Gasteiger partial charge in [-0.3, -0.25) is 0 Å². The van der Waals surface area contributed by atoms with Gasteiger partial charge in [0.05, 0.1) is 5.25 Å². The molecule has 2 fully saturated rings. The summed E-state index contributed by atoms with van der Waals surface area (Å²) in [5.41, 5.74) is 0. The van der Waals surface area contributed by atoms with E-state index in [1.807, 2.05) is 0 Å². The van der Waals surface area contributed by atoms with Crippen molar-refractivity contribution in [2.75, 3.05) is 13.1 Å². The smallest absolute Gasteiger partial charge is 0.212 e. The van der Waals surface area contributed by atoms with Crippen LogP contribution < -0.4 is 0 Å². The lowest BCUT2D eigenvalue weighted by Gasteiger charge is -2.18. The molecule has 0 spiro atoms. The first-order chi connectivity index (χ1) is 7.64. The molecular formula is C12H19NO2S. The number of sulfonamides is 1. The zero-order chi connectivity index (χ0) is 11.3. The minimum Gasteiger partial charge on any atom is -0.212 e. The highest BCUT2D eigenvalue weighted by Gasteiger charge is 2.57. The number of unbranched alkanes of at least 4 members (excludes halogenated alkanes) is 1. The fourth-order valence-electron chi connectivity index (χ4n) is 3.62. The highest BCUT2D eigenvalue weighted by atomic mass is 32.2. The molecule has 0 aromatic heterocycles. The van der Waals surface area contributed by atoms with E-state index in [0.29, 0.717) is 17.8 Å². The van der Waals surface area contributed by atoms with Gasteiger partial charge in [-0.1, -0.05) is 25.5 Å². The van der Waals surface area contributed by atoms with E-state index in [0.717, 1.165) is 32.4 Å². The Labute approximate surface area is 97.6 Å². The Morgan fingerprint density at radius 2 is 2.06 bits per heavy atom. The van der Waals surface area contributed by atoms with E-state index in [9.17, 15) is 8.42 Å². The van der Waals surface area contributed by atoms with Crippen molar-refractivity contribution in [2.24, 2.45) is 17.8 Å². The van der Waals surface area contributed by atoms with Crippen LogP contribution in [0, 0.1) is 17.8 Å². The number of hydrogen-bond donors (Lipinski definition) is 0. The topological polar surface area (TPSA) is 37.4 Å². The molecule has 16 heavy (non-hydrogen) atoms. The predicted octanol–water partition coefficient (Wildman–Crippen LogP) is 1.62. The highest BCUT2D eigenvalue weighted by Crippen LogP contribution is 2.51. The van der Waals surface area contributed by atoms with Crippen LogP contribution in [0.5, 0.6) is 0 Å². The maximum absolute atomic E-state index is 12.4. The van der Waals surface area contributed by atoms with Crippen LogP contribution in [0.1, 0.15) is 26.2 Å². The summed E-state index contributed by atoms with van der Waals surface area (Å²) in [6.07, 6.45) is 7.50. The third kappa shape index (κ3) is 1.32. The molecule has 0 N–H and O–H groups in total. The van der Waals surface area contributed by atoms with Gasteiger partial charge in [-0.2, -0.15) is 0 Å². The summed E-state index contributed by atoms with van der Waals surface area (Å²) in [5, 5.41) is -0.0839. The molecule has 90 valence electrons. The van der Waals surface area contributed by atoms with E-state index in [2.05, 4.69) is 19.1 Å². The zero-order valence-corrected chi connectivity index (χ0v) is 10.5. The van der Waals surface area contributed by atoms with Crippen molar-refractivity contribution < 1.29 is 8.42 Å². The fraction of sp³-hybridized carbons (Fsp3) is 0.833. The average Bonchev–Trinajstić information content (AvgIpc) is 2.88. The first-order valence-electron chi connectivity index (χ1n) is 6.32. The molecule has 3 aliphatic rings. The number of nitrogens with zero attached hydrogens (tertiary/aromatic N) is 1. The number of fused-ring (bicyclic) bond motifs is 5. The van der Waals surface area contributed by atoms with Crippen LogP contribution in [0.3, 0.4) is 0 Å². The normalized spacial score (nSPS) is 44.1. The Morgan fingerprint density at radius 3 is 2.75 bits per heavy atom. The van der Waals surface area contributed by atoms with E-state index in [4.69, 9.17) is 0 Å². The van der Waals surface area contributed by atoms with E-state index >= 15 is 0 Å². The second-order valence-electron chi connectivity index (χ2n) is 5.33. The van der Waals surface area contributed by atoms with Gasteiger partial charge in [0.1, 0.15) is 0 Å². The molecule has 1 saturated heterocycles. The third-order valence-corrected chi connectivity index (χ3v) is 6.86. The molecule has 4 atom stereocenters. The maximum atomic E-state index is 12.4. The Kier molecular flexibility index (Phi) is 2.41. The molecule has 2 aliphatic carbocycles. The minimum atomic E-state index is -2.99. The monoisotopic (exact) mass is 241 g/mol. The lowest BCUT2D eigenvalue weighted by atomic mass is 9.93. The van der Waals surface area contributed by atoms with Crippen LogP contribution in [0.2, 0.25) is 0 Å². The van der Waals surface area contributed by atoms with E-state index in [1.165, 1.54) is 0 Å². The molecule has 1 saturated carbocycles. The summed E-state index contributed by atoms with van der Waals surface area (Å²) in [7, 11) is -2.99. The second-order valence-corrected chi connectivity index (χ2v) is 7.42. The van der Waals surface area contributed by atoms with Crippen molar-refractivity contribution >= 4 is 10.0 Å². The third-order valence-electron chi connectivity index (χ3n) is 4.42. The van der Waals surface area contributed by atoms with Crippen LogP contribution in [0.4, 0.5) is 0 Å². The van der Waals surface area contributed by atoms with Crippen LogP contribution in [-0.4, -0.2) is 31.1 Å². The number of allylic oxidation sites excluding steroid dienone is 2.